The SMILES string of the molecule is CCCN(CCC)CCCCCc1nc2ccc(CNCc3ncc[nH]3)cc2n1CCC. The smallest absolute Gasteiger partial charge is 0.120 e. The van der Waals surface area contributed by atoms with Crippen molar-refractivity contribution in [2.75, 3.05) is 19.6 Å². The minimum Gasteiger partial charge on any atom is -0.348 e. The lowest BCUT2D eigenvalue weighted by atomic mass is 10.1. The first-order chi connectivity index (χ1) is 15.7. The van der Waals surface area contributed by atoms with E-state index in [2.05, 4.69) is 63.7 Å². The number of aromatic nitrogens is 4. The van der Waals surface area contributed by atoms with E-state index in [0.29, 0.717) is 0 Å². The first-order valence-corrected chi connectivity index (χ1v) is 12.6. The van der Waals surface area contributed by atoms with E-state index in [1.165, 1.54) is 68.6 Å². The molecule has 0 saturated heterocycles. The molecule has 6 nitrogen and oxygen atoms in total. The maximum absolute atomic E-state index is 5.00. The van der Waals surface area contributed by atoms with E-state index in [-0.39, 0.29) is 0 Å². The number of aryl methyl sites for hydroxylation is 2. The van der Waals surface area contributed by atoms with Gasteiger partial charge in [-0.2, -0.15) is 0 Å². The van der Waals surface area contributed by atoms with Crippen LogP contribution >= 0.6 is 0 Å². The van der Waals surface area contributed by atoms with Crippen molar-refractivity contribution in [3.05, 3.63) is 47.8 Å². The second kappa shape index (κ2) is 13.4. The number of hydrogen-bond donors (Lipinski definition) is 2. The fraction of sp³-hybridized carbons (Fsp3) is 0.615. The number of H-pyrrole nitrogens is 1. The van der Waals surface area contributed by atoms with Crippen molar-refractivity contribution in [3.8, 4) is 0 Å². The van der Waals surface area contributed by atoms with Crippen LogP contribution in [0.4, 0.5) is 0 Å². The molecule has 2 N–H and O–H groups in total. The molecule has 0 aliphatic rings. The molecule has 0 spiro atoms. The summed E-state index contributed by atoms with van der Waals surface area (Å²) in [5.41, 5.74) is 3.69. The van der Waals surface area contributed by atoms with E-state index in [1.54, 1.807) is 6.20 Å². The van der Waals surface area contributed by atoms with Gasteiger partial charge in [-0.15, -0.1) is 0 Å². The van der Waals surface area contributed by atoms with Crippen LogP contribution in [0.1, 0.15) is 76.5 Å². The fourth-order valence-electron chi connectivity index (χ4n) is 4.48. The van der Waals surface area contributed by atoms with Gasteiger partial charge < -0.3 is 19.8 Å². The molecule has 3 aromatic rings. The molecule has 3 rings (SSSR count). The molecular formula is C26H42N6. The van der Waals surface area contributed by atoms with Crippen molar-refractivity contribution in [1.82, 2.24) is 29.7 Å². The summed E-state index contributed by atoms with van der Waals surface area (Å²) >= 11 is 0. The lowest BCUT2D eigenvalue weighted by Gasteiger charge is -2.20. The van der Waals surface area contributed by atoms with E-state index in [0.717, 1.165) is 43.8 Å². The van der Waals surface area contributed by atoms with E-state index in [4.69, 9.17) is 4.98 Å². The van der Waals surface area contributed by atoms with E-state index in [9.17, 15) is 0 Å². The van der Waals surface area contributed by atoms with Gasteiger partial charge in [0.1, 0.15) is 11.6 Å². The van der Waals surface area contributed by atoms with Crippen molar-refractivity contribution in [1.29, 1.82) is 0 Å². The summed E-state index contributed by atoms with van der Waals surface area (Å²) in [6.45, 7) is 13.1. The first-order valence-electron chi connectivity index (χ1n) is 12.6. The lowest BCUT2D eigenvalue weighted by molar-refractivity contribution is 0.268. The number of aromatic amines is 1. The number of benzene rings is 1. The molecule has 0 amide bonds. The zero-order valence-corrected chi connectivity index (χ0v) is 20.4. The highest BCUT2D eigenvalue weighted by Gasteiger charge is 2.11. The van der Waals surface area contributed by atoms with E-state index in [1.807, 2.05) is 6.20 Å². The fourth-order valence-corrected chi connectivity index (χ4v) is 4.48. The normalized spacial score (nSPS) is 11.8. The van der Waals surface area contributed by atoms with Crippen molar-refractivity contribution < 1.29 is 0 Å². The first kappa shape index (κ1) is 24.5. The highest BCUT2D eigenvalue weighted by Crippen LogP contribution is 2.20. The Morgan fingerprint density at radius 3 is 2.53 bits per heavy atom. The third kappa shape index (κ3) is 7.17. The monoisotopic (exact) mass is 438 g/mol. The van der Waals surface area contributed by atoms with Gasteiger partial charge in [0.25, 0.3) is 0 Å². The topological polar surface area (TPSA) is 61.8 Å². The zero-order valence-electron chi connectivity index (χ0n) is 20.4. The number of unbranched alkanes of at least 4 members (excludes halogenated alkanes) is 2. The van der Waals surface area contributed by atoms with Crippen LogP contribution in [0, 0.1) is 0 Å². The highest BCUT2D eigenvalue weighted by atomic mass is 15.1. The quantitative estimate of drug-likeness (QED) is 0.298. The maximum Gasteiger partial charge on any atom is 0.120 e. The number of rotatable bonds is 16. The standard InChI is InChI=1S/C26H42N6/c1-4-15-31(16-5-2)18-9-7-8-10-26-30-23-12-11-22(19-24(23)32(26)17-6-3)20-27-21-25-28-13-14-29-25/h11-14,19,27H,4-10,15-18,20-21H2,1-3H3,(H,28,29). The van der Waals surface area contributed by atoms with Crippen molar-refractivity contribution in [2.24, 2.45) is 0 Å². The van der Waals surface area contributed by atoms with Crippen LogP contribution in [-0.4, -0.2) is 44.1 Å². The lowest BCUT2D eigenvalue weighted by Crippen LogP contribution is -2.26. The van der Waals surface area contributed by atoms with Gasteiger partial charge in [0.15, 0.2) is 0 Å². The van der Waals surface area contributed by atoms with Crippen LogP contribution < -0.4 is 5.32 Å². The molecule has 176 valence electrons. The highest BCUT2D eigenvalue weighted by molar-refractivity contribution is 5.77. The zero-order chi connectivity index (χ0) is 22.6. The summed E-state index contributed by atoms with van der Waals surface area (Å²) in [7, 11) is 0. The van der Waals surface area contributed by atoms with Gasteiger partial charge in [-0.1, -0.05) is 33.3 Å². The average Bonchev–Trinajstić information content (AvgIpc) is 3.42. The Morgan fingerprint density at radius 2 is 1.81 bits per heavy atom. The van der Waals surface area contributed by atoms with Crippen LogP contribution in [0.15, 0.2) is 30.6 Å². The van der Waals surface area contributed by atoms with Crippen LogP contribution in [0.5, 0.6) is 0 Å². The van der Waals surface area contributed by atoms with Gasteiger partial charge in [0, 0.05) is 31.9 Å². The molecule has 0 unspecified atom stereocenters. The van der Waals surface area contributed by atoms with Crippen LogP contribution in [0.2, 0.25) is 0 Å². The Bertz CT molecular complexity index is 893. The Balaban J connectivity index is 1.55. The van der Waals surface area contributed by atoms with E-state index >= 15 is 0 Å². The molecule has 6 heteroatoms. The molecule has 0 saturated carbocycles. The Kier molecular flexibility index (Phi) is 10.2. The molecule has 0 fully saturated rings. The molecule has 32 heavy (non-hydrogen) atoms. The number of nitrogens with one attached hydrogen (secondary N) is 2. The van der Waals surface area contributed by atoms with Crippen molar-refractivity contribution in [2.45, 2.75) is 85.4 Å². The molecular weight excluding hydrogens is 396 g/mol. The van der Waals surface area contributed by atoms with Gasteiger partial charge in [-0.3, -0.25) is 0 Å². The number of nitrogens with zero attached hydrogens (tertiary/aromatic N) is 4. The van der Waals surface area contributed by atoms with Crippen LogP contribution in [0.3, 0.4) is 0 Å². The molecule has 0 atom stereocenters. The molecule has 0 aliphatic heterocycles. The Morgan fingerprint density at radius 1 is 0.969 bits per heavy atom. The number of hydrogen-bond acceptors (Lipinski definition) is 4. The molecule has 0 aliphatic carbocycles. The van der Waals surface area contributed by atoms with Crippen LogP contribution in [-0.2, 0) is 26.1 Å². The molecule has 1 aromatic carbocycles. The van der Waals surface area contributed by atoms with Crippen molar-refractivity contribution in [3.63, 3.8) is 0 Å². The Hall–Kier alpha value is -2.18. The molecule has 0 bridgehead atoms. The minimum atomic E-state index is 0.748. The summed E-state index contributed by atoms with van der Waals surface area (Å²) in [6.07, 6.45) is 12.1. The van der Waals surface area contributed by atoms with E-state index < -0.39 is 0 Å². The second-order valence-corrected chi connectivity index (χ2v) is 8.79. The summed E-state index contributed by atoms with van der Waals surface area (Å²) in [6, 6.07) is 6.69. The predicted octanol–water partition coefficient (Wildman–Crippen LogP) is 5.29. The van der Waals surface area contributed by atoms with Crippen LogP contribution in [0.25, 0.3) is 11.0 Å². The predicted molar refractivity (Wildman–Crippen MR) is 134 cm³/mol. The minimum absolute atomic E-state index is 0.748. The summed E-state index contributed by atoms with van der Waals surface area (Å²) < 4.78 is 2.45. The Labute approximate surface area is 193 Å². The van der Waals surface area contributed by atoms with Gasteiger partial charge in [-0.05, 0) is 69.4 Å². The molecule has 0 radical (unpaired) electrons. The maximum atomic E-state index is 5.00. The summed E-state index contributed by atoms with van der Waals surface area (Å²) in [4.78, 5) is 15.0. The third-order valence-corrected chi connectivity index (χ3v) is 5.97. The van der Waals surface area contributed by atoms with Gasteiger partial charge in [0.05, 0.1) is 17.6 Å². The molecule has 2 aromatic heterocycles. The van der Waals surface area contributed by atoms with Gasteiger partial charge in [0.2, 0.25) is 0 Å². The number of fused-ring (bicyclic) bond motifs is 1. The van der Waals surface area contributed by atoms with Crippen molar-refractivity contribution >= 4 is 11.0 Å². The average molecular weight is 439 g/mol. The third-order valence-electron chi connectivity index (χ3n) is 5.97. The largest absolute Gasteiger partial charge is 0.348 e. The van der Waals surface area contributed by atoms with Gasteiger partial charge >= 0.3 is 0 Å². The number of imidazole rings is 2. The summed E-state index contributed by atoms with van der Waals surface area (Å²) in [5, 5.41) is 3.47. The van der Waals surface area contributed by atoms with Gasteiger partial charge in [-0.25, -0.2) is 9.97 Å². The summed E-state index contributed by atoms with van der Waals surface area (Å²) in [5.74, 6) is 2.22. The second-order valence-electron chi connectivity index (χ2n) is 8.79. The molecule has 2 heterocycles.